The van der Waals surface area contributed by atoms with Gasteiger partial charge in [-0.15, -0.1) is 11.3 Å². The lowest BCUT2D eigenvalue weighted by Gasteiger charge is -2.33. The summed E-state index contributed by atoms with van der Waals surface area (Å²) in [6.45, 7) is 2.91. The lowest BCUT2D eigenvalue weighted by Crippen LogP contribution is -2.48. The van der Waals surface area contributed by atoms with Crippen molar-refractivity contribution in [3.05, 3.63) is 21.4 Å². The van der Waals surface area contributed by atoms with E-state index in [1.165, 1.54) is 24.0 Å². The van der Waals surface area contributed by atoms with Crippen molar-refractivity contribution >= 4 is 23.2 Å². The molecule has 1 aliphatic carbocycles. The summed E-state index contributed by atoms with van der Waals surface area (Å²) in [5.74, 6) is 0.410. The molecule has 2 unspecified atom stereocenters. The van der Waals surface area contributed by atoms with E-state index in [9.17, 15) is 9.59 Å². The minimum Gasteiger partial charge on any atom is -0.467 e. The molecule has 2 atom stereocenters. The number of hydrogen-bond donors (Lipinski definition) is 0. The quantitative estimate of drug-likeness (QED) is 0.787. The molecule has 3 rings (SSSR count). The van der Waals surface area contributed by atoms with Crippen LogP contribution in [-0.2, 0) is 22.4 Å². The van der Waals surface area contributed by atoms with Crippen LogP contribution in [0.4, 0.5) is 0 Å². The Labute approximate surface area is 135 Å². The molecule has 4 nitrogen and oxygen atoms in total. The maximum atomic E-state index is 12.9. The number of nitrogens with zero attached hydrogens (tertiary/aromatic N) is 1. The topological polar surface area (TPSA) is 46.6 Å². The SMILES string of the molecule is COC(=O)C1CCCCN1C(=O)c1cc2c(s1)CCC(C)C2. The van der Waals surface area contributed by atoms with Crippen LogP contribution in [0.15, 0.2) is 6.07 Å². The van der Waals surface area contributed by atoms with Crippen LogP contribution >= 0.6 is 11.3 Å². The molecule has 0 radical (unpaired) electrons. The Kier molecular flexibility index (Phi) is 4.52. The molecule has 2 heterocycles. The second kappa shape index (κ2) is 6.41. The van der Waals surface area contributed by atoms with E-state index < -0.39 is 6.04 Å². The highest BCUT2D eigenvalue weighted by Gasteiger charge is 2.34. The normalized spacial score (nSPS) is 24.7. The molecule has 1 amide bonds. The van der Waals surface area contributed by atoms with Gasteiger partial charge in [0.1, 0.15) is 6.04 Å². The second-order valence-corrected chi connectivity index (χ2v) is 7.58. The number of ether oxygens (including phenoxy) is 1. The third-order valence-electron chi connectivity index (χ3n) is 4.78. The Morgan fingerprint density at radius 2 is 2.14 bits per heavy atom. The van der Waals surface area contributed by atoms with E-state index in [1.807, 2.05) is 0 Å². The molecule has 5 heteroatoms. The first-order valence-electron chi connectivity index (χ1n) is 8.10. The summed E-state index contributed by atoms with van der Waals surface area (Å²) in [5, 5.41) is 0. The van der Waals surface area contributed by atoms with Crippen molar-refractivity contribution in [2.45, 2.75) is 51.5 Å². The highest BCUT2D eigenvalue weighted by Crippen LogP contribution is 2.33. The van der Waals surface area contributed by atoms with Crippen LogP contribution < -0.4 is 0 Å². The zero-order chi connectivity index (χ0) is 15.7. The fourth-order valence-electron chi connectivity index (χ4n) is 3.51. The van der Waals surface area contributed by atoms with Gasteiger partial charge in [-0.1, -0.05) is 6.92 Å². The van der Waals surface area contributed by atoms with E-state index >= 15 is 0 Å². The van der Waals surface area contributed by atoms with E-state index in [2.05, 4.69) is 13.0 Å². The van der Waals surface area contributed by atoms with E-state index in [1.54, 1.807) is 16.2 Å². The average Bonchev–Trinajstić information content (AvgIpc) is 2.96. The number of rotatable bonds is 2. The van der Waals surface area contributed by atoms with Crippen molar-refractivity contribution in [3.8, 4) is 0 Å². The number of piperidine rings is 1. The summed E-state index contributed by atoms with van der Waals surface area (Å²) in [6.07, 6.45) is 5.99. The van der Waals surface area contributed by atoms with Crippen LogP contribution in [-0.4, -0.2) is 36.5 Å². The van der Waals surface area contributed by atoms with Crippen LogP contribution in [0.5, 0.6) is 0 Å². The minimum absolute atomic E-state index is 0.00199. The number of fused-ring (bicyclic) bond motifs is 1. The van der Waals surface area contributed by atoms with Gasteiger partial charge in [-0.25, -0.2) is 4.79 Å². The molecule has 120 valence electrons. The van der Waals surface area contributed by atoms with Crippen molar-refractivity contribution in [3.63, 3.8) is 0 Å². The average molecular weight is 321 g/mol. The highest BCUT2D eigenvalue weighted by atomic mass is 32.1. The van der Waals surface area contributed by atoms with E-state index in [-0.39, 0.29) is 11.9 Å². The Hall–Kier alpha value is -1.36. The molecule has 1 aromatic rings. The third-order valence-corrected chi connectivity index (χ3v) is 6.00. The fraction of sp³-hybridized carbons (Fsp3) is 0.647. The molecule has 1 aliphatic heterocycles. The Bertz CT molecular complexity index is 580. The molecule has 0 saturated carbocycles. The predicted molar refractivity (Wildman–Crippen MR) is 86.2 cm³/mol. The number of esters is 1. The van der Waals surface area contributed by atoms with Gasteiger partial charge in [0.25, 0.3) is 5.91 Å². The predicted octanol–water partition coefficient (Wildman–Crippen LogP) is 3.04. The number of amides is 1. The van der Waals surface area contributed by atoms with Gasteiger partial charge in [-0.05, 0) is 56.1 Å². The number of carbonyl (C=O) groups excluding carboxylic acids is 2. The van der Waals surface area contributed by atoms with Gasteiger partial charge in [0.2, 0.25) is 0 Å². The lowest BCUT2D eigenvalue weighted by atomic mass is 9.90. The number of aryl methyl sites for hydroxylation is 1. The molecule has 1 aromatic heterocycles. The smallest absolute Gasteiger partial charge is 0.328 e. The van der Waals surface area contributed by atoms with E-state index in [4.69, 9.17) is 4.74 Å². The molecule has 0 bridgehead atoms. The molecule has 0 N–H and O–H groups in total. The molecule has 22 heavy (non-hydrogen) atoms. The number of likely N-dealkylation sites (tertiary alicyclic amines) is 1. The van der Waals surface area contributed by atoms with Gasteiger partial charge in [0.05, 0.1) is 12.0 Å². The second-order valence-electron chi connectivity index (χ2n) is 6.44. The standard InChI is InChI=1S/C17H23NO3S/c1-11-6-7-14-12(9-11)10-15(22-14)16(19)18-8-4-3-5-13(18)17(20)21-2/h10-11,13H,3-9H2,1-2H3. The largest absolute Gasteiger partial charge is 0.467 e. The summed E-state index contributed by atoms with van der Waals surface area (Å²) in [4.78, 5) is 28.7. The molecule has 2 aliphatic rings. The highest BCUT2D eigenvalue weighted by molar-refractivity contribution is 7.14. The van der Waals surface area contributed by atoms with Crippen molar-refractivity contribution in [1.29, 1.82) is 0 Å². The maximum Gasteiger partial charge on any atom is 0.328 e. The van der Waals surface area contributed by atoms with Crippen LogP contribution in [0.2, 0.25) is 0 Å². The number of carbonyl (C=O) groups is 2. The molecular weight excluding hydrogens is 298 g/mol. The maximum absolute atomic E-state index is 12.9. The van der Waals surface area contributed by atoms with Gasteiger partial charge in [0, 0.05) is 11.4 Å². The van der Waals surface area contributed by atoms with Gasteiger partial charge >= 0.3 is 5.97 Å². The van der Waals surface area contributed by atoms with E-state index in [0.717, 1.165) is 30.6 Å². The lowest BCUT2D eigenvalue weighted by molar-refractivity contribution is -0.147. The van der Waals surface area contributed by atoms with E-state index in [0.29, 0.717) is 18.9 Å². The van der Waals surface area contributed by atoms with Crippen LogP contribution in [0.1, 0.15) is 52.7 Å². The summed E-state index contributed by atoms with van der Waals surface area (Å²) >= 11 is 1.62. The fourth-order valence-corrected chi connectivity index (χ4v) is 4.67. The molecule has 0 aromatic carbocycles. The van der Waals surface area contributed by atoms with Crippen molar-refractivity contribution in [2.75, 3.05) is 13.7 Å². The first kappa shape index (κ1) is 15.5. The van der Waals surface area contributed by atoms with Crippen molar-refractivity contribution < 1.29 is 14.3 Å². The van der Waals surface area contributed by atoms with Crippen LogP contribution in [0.25, 0.3) is 0 Å². The monoisotopic (exact) mass is 321 g/mol. The molecule has 0 spiro atoms. The van der Waals surface area contributed by atoms with Gasteiger partial charge in [0.15, 0.2) is 0 Å². The number of hydrogen-bond acceptors (Lipinski definition) is 4. The number of thiophene rings is 1. The molecular formula is C17H23NO3S. The summed E-state index contributed by atoms with van der Waals surface area (Å²) in [6, 6.07) is 1.64. The summed E-state index contributed by atoms with van der Waals surface area (Å²) in [5.41, 5.74) is 1.33. The summed E-state index contributed by atoms with van der Waals surface area (Å²) < 4.78 is 4.87. The molecule has 1 fully saturated rings. The van der Waals surface area contributed by atoms with Crippen LogP contribution in [0, 0.1) is 5.92 Å². The Morgan fingerprint density at radius 3 is 2.91 bits per heavy atom. The minimum atomic E-state index is -0.413. The first-order valence-corrected chi connectivity index (χ1v) is 8.92. The van der Waals surface area contributed by atoms with Gasteiger partial charge in [-0.3, -0.25) is 4.79 Å². The van der Waals surface area contributed by atoms with Gasteiger partial charge < -0.3 is 9.64 Å². The van der Waals surface area contributed by atoms with Gasteiger partial charge in [-0.2, -0.15) is 0 Å². The Morgan fingerprint density at radius 1 is 1.32 bits per heavy atom. The first-order chi connectivity index (χ1) is 10.6. The van der Waals surface area contributed by atoms with Crippen LogP contribution in [0.3, 0.4) is 0 Å². The van der Waals surface area contributed by atoms with Crippen molar-refractivity contribution in [2.24, 2.45) is 5.92 Å². The summed E-state index contributed by atoms with van der Waals surface area (Å²) in [7, 11) is 1.39. The zero-order valence-electron chi connectivity index (χ0n) is 13.3. The zero-order valence-corrected chi connectivity index (χ0v) is 14.1. The number of methoxy groups -OCH3 is 1. The Balaban J connectivity index is 1.81. The third kappa shape index (κ3) is 2.91. The molecule has 1 saturated heterocycles. The van der Waals surface area contributed by atoms with Crippen molar-refractivity contribution in [1.82, 2.24) is 4.90 Å².